The molecule has 1 heterocycles. The molecule has 3 rings (SSSR count). The second-order valence-electron chi connectivity index (χ2n) is 6.13. The molecule has 11 heteroatoms. The number of rotatable bonds is 5. The summed E-state index contributed by atoms with van der Waals surface area (Å²) in [5.41, 5.74) is -2.04. The predicted octanol–water partition coefficient (Wildman–Crippen LogP) is 5.34. The number of hydrogen-bond acceptors (Lipinski definition) is 4. The molecule has 0 fully saturated rings. The standard InChI is InChI=1S/C18H13ClF4N4O2/c1-26-6-5-24-17(26)16(10-3-2-4-11(20)7-10)25-14-9-13(19)12(18(21,22)23)8-15(14)27(28)29/h2-9,16,25H,1H3. The Kier molecular flexibility index (Phi) is 5.47. The van der Waals surface area contributed by atoms with Crippen LogP contribution in [0, 0.1) is 15.9 Å². The molecular formula is C18H13ClF4N4O2. The summed E-state index contributed by atoms with van der Waals surface area (Å²) in [7, 11) is 1.66. The summed E-state index contributed by atoms with van der Waals surface area (Å²) in [6.45, 7) is 0. The van der Waals surface area contributed by atoms with E-state index in [4.69, 9.17) is 11.6 Å². The van der Waals surface area contributed by atoms with E-state index >= 15 is 0 Å². The number of anilines is 1. The second kappa shape index (κ2) is 7.70. The molecule has 1 N–H and O–H groups in total. The lowest BCUT2D eigenvalue weighted by Crippen LogP contribution is -2.18. The van der Waals surface area contributed by atoms with Crippen LogP contribution in [0.2, 0.25) is 5.02 Å². The van der Waals surface area contributed by atoms with E-state index in [9.17, 15) is 27.7 Å². The molecule has 1 aromatic heterocycles. The van der Waals surface area contributed by atoms with Crippen LogP contribution < -0.4 is 5.32 Å². The first-order valence-electron chi connectivity index (χ1n) is 8.12. The van der Waals surface area contributed by atoms with Crippen LogP contribution in [0.4, 0.5) is 28.9 Å². The summed E-state index contributed by atoms with van der Waals surface area (Å²) in [5.74, 6) is -0.190. The molecule has 0 spiro atoms. The van der Waals surface area contributed by atoms with Crippen molar-refractivity contribution in [2.24, 2.45) is 7.05 Å². The quantitative estimate of drug-likeness (QED) is 0.338. The number of imidazole rings is 1. The van der Waals surface area contributed by atoms with Crippen molar-refractivity contribution in [3.63, 3.8) is 0 Å². The predicted molar refractivity (Wildman–Crippen MR) is 98.2 cm³/mol. The van der Waals surface area contributed by atoms with Gasteiger partial charge in [0.1, 0.15) is 23.4 Å². The van der Waals surface area contributed by atoms with E-state index in [1.807, 2.05) is 0 Å². The Balaban J connectivity index is 2.14. The first-order chi connectivity index (χ1) is 13.6. The van der Waals surface area contributed by atoms with Gasteiger partial charge in [0.25, 0.3) is 5.69 Å². The van der Waals surface area contributed by atoms with Gasteiger partial charge in [-0.15, -0.1) is 0 Å². The maximum absolute atomic E-state index is 13.8. The van der Waals surface area contributed by atoms with Gasteiger partial charge in [0, 0.05) is 25.5 Å². The normalized spacial score (nSPS) is 12.6. The van der Waals surface area contributed by atoms with E-state index in [2.05, 4.69) is 10.3 Å². The van der Waals surface area contributed by atoms with E-state index in [0.717, 1.165) is 6.07 Å². The monoisotopic (exact) mass is 428 g/mol. The highest BCUT2D eigenvalue weighted by atomic mass is 35.5. The Hall–Kier alpha value is -3.14. The zero-order valence-corrected chi connectivity index (χ0v) is 15.5. The van der Waals surface area contributed by atoms with Crippen LogP contribution in [0.1, 0.15) is 23.0 Å². The van der Waals surface area contributed by atoms with Crippen LogP contribution in [-0.4, -0.2) is 14.5 Å². The molecule has 1 unspecified atom stereocenters. The Morgan fingerprint density at radius 3 is 2.55 bits per heavy atom. The maximum atomic E-state index is 13.8. The minimum atomic E-state index is -4.86. The molecule has 152 valence electrons. The highest BCUT2D eigenvalue weighted by Crippen LogP contribution is 2.41. The first kappa shape index (κ1) is 20.6. The van der Waals surface area contributed by atoms with E-state index in [1.54, 1.807) is 23.9 Å². The van der Waals surface area contributed by atoms with Crippen LogP contribution in [0.25, 0.3) is 0 Å². The van der Waals surface area contributed by atoms with Gasteiger partial charge in [0.05, 0.1) is 15.5 Å². The molecule has 0 bridgehead atoms. The third-order valence-electron chi connectivity index (χ3n) is 4.19. The van der Waals surface area contributed by atoms with Gasteiger partial charge in [0.2, 0.25) is 0 Å². The molecule has 0 aliphatic heterocycles. The second-order valence-corrected chi connectivity index (χ2v) is 6.54. The van der Waals surface area contributed by atoms with Crippen LogP contribution in [0.15, 0.2) is 48.8 Å². The van der Waals surface area contributed by atoms with Crippen molar-refractivity contribution in [1.82, 2.24) is 9.55 Å². The number of nitro benzene ring substituents is 1. The molecule has 0 aliphatic carbocycles. The number of alkyl halides is 3. The average molecular weight is 429 g/mol. The Bertz CT molecular complexity index is 1070. The molecule has 0 radical (unpaired) electrons. The number of nitro groups is 1. The molecule has 29 heavy (non-hydrogen) atoms. The molecule has 1 atom stereocenters. The number of aryl methyl sites for hydroxylation is 1. The minimum Gasteiger partial charge on any atom is -0.366 e. The summed E-state index contributed by atoms with van der Waals surface area (Å²) in [6.07, 6.45) is -1.78. The lowest BCUT2D eigenvalue weighted by molar-refractivity contribution is -0.384. The fraction of sp³-hybridized carbons (Fsp3) is 0.167. The first-order valence-corrected chi connectivity index (χ1v) is 8.50. The summed E-state index contributed by atoms with van der Waals surface area (Å²) in [5, 5.41) is 13.5. The molecule has 0 aliphatic rings. The van der Waals surface area contributed by atoms with Gasteiger partial charge >= 0.3 is 6.18 Å². The van der Waals surface area contributed by atoms with Gasteiger partial charge in [-0.25, -0.2) is 9.37 Å². The third-order valence-corrected chi connectivity index (χ3v) is 4.50. The van der Waals surface area contributed by atoms with Crippen molar-refractivity contribution in [2.45, 2.75) is 12.2 Å². The van der Waals surface area contributed by atoms with Gasteiger partial charge in [-0.3, -0.25) is 10.1 Å². The fourth-order valence-corrected chi connectivity index (χ4v) is 3.11. The zero-order chi connectivity index (χ0) is 21.3. The zero-order valence-electron chi connectivity index (χ0n) is 14.7. The minimum absolute atomic E-state index is 0.259. The van der Waals surface area contributed by atoms with Crippen molar-refractivity contribution < 1.29 is 22.5 Å². The Labute approximate surface area is 166 Å². The lowest BCUT2D eigenvalue weighted by atomic mass is 10.0. The van der Waals surface area contributed by atoms with Crippen LogP contribution in [0.5, 0.6) is 0 Å². The summed E-state index contributed by atoms with van der Waals surface area (Å²) < 4.78 is 54.6. The van der Waals surface area contributed by atoms with Crippen molar-refractivity contribution in [3.05, 3.63) is 86.7 Å². The number of hydrogen-bond donors (Lipinski definition) is 1. The number of aromatic nitrogens is 2. The van der Waals surface area contributed by atoms with Crippen molar-refractivity contribution >= 4 is 23.0 Å². The third kappa shape index (κ3) is 4.32. The fourth-order valence-electron chi connectivity index (χ4n) is 2.84. The topological polar surface area (TPSA) is 73.0 Å². The molecule has 6 nitrogen and oxygen atoms in total. The van der Waals surface area contributed by atoms with Gasteiger partial charge in [-0.1, -0.05) is 23.7 Å². The van der Waals surface area contributed by atoms with Gasteiger partial charge < -0.3 is 9.88 Å². The lowest BCUT2D eigenvalue weighted by Gasteiger charge is -2.21. The summed E-state index contributed by atoms with van der Waals surface area (Å²) >= 11 is 5.74. The van der Waals surface area contributed by atoms with Crippen LogP contribution >= 0.6 is 11.6 Å². The maximum Gasteiger partial charge on any atom is 0.418 e. The average Bonchev–Trinajstić information content (AvgIpc) is 3.04. The van der Waals surface area contributed by atoms with Crippen LogP contribution in [0.3, 0.4) is 0 Å². The molecule has 2 aromatic carbocycles. The highest BCUT2D eigenvalue weighted by Gasteiger charge is 2.36. The van der Waals surface area contributed by atoms with Gasteiger partial charge in [-0.2, -0.15) is 13.2 Å². The summed E-state index contributed by atoms with van der Waals surface area (Å²) in [6, 6.07) is 5.73. The van der Waals surface area contributed by atoms with Crippen molar-refractivity contribution in [1.29, 1.82) is 0 Å². The van der Waals surface area contributed by atoms with Crippen LogP contribution in [-0.2, 0) is 13.2 Å². The van der Waals surface area contributed by atoms with E-state index in [-0.39, 0.29) is 5.69 Å². The number of nitrogens with one attached hydrogen (secondary N) is 1. The number of benzene rings is 2. The SMILES string of the molecule is Cn1ccnc1C(Nc1cc(Cl)c(C(F)(F)F)cc1[N+](=O)[O-])c1cccc(F)c1. The molecule has 0 amide bonds. The van der Waals surface area contributed by atoms with E-state index < -0.39 is 39.2 Å². The Morgan fingerprint density at radius 2 is 2.00 bits per heavy atom. The van der Waals surface area contributed by atoms with E-state index in [0.29, 0.717) is 17.5 Å². The largest absolute Gasteiger partial charge is 0.418 e. The highest BCUT2D eigenvalue weighted by molar-refractivity contribution is 6.31. The number of halogens is 5. The van der Waals surface area contributed by atoms with Gasteiger partial charge in [0.15, 0.2) is 0 Å². The Morgan fingerprint density at radius 1 is 1.28 bits per heavy atom. The van der Waals surface area contributed by atoms with Gasteiger partial charge in [-0.05, 0) is 23.8 Å². The molecule has 3 aromatic rings. The molecular weight excluding hydrogens is 416 g/mol. The molecule has 0 saturated carbocycles. The summed E-state index contributed by atoms with van der Waals surface area (Å²) in [4.78, 5) is 14.6. The van der Waals surface area contributed by atoms with Crippen molar-refractivity contribution in [3.8, 4) is 0 Å². The number of nitrogens with zero attached hydrogens (tertiary/aromatic N) is 3. The molecule has 0 saturated heterocycles. The smallest absolute Gasteiger partial charge is 0.366 e. The van der Waals surface area contributed by atoms with E-state index in [1.165, 1.54) is 24.4 Å². The van der Waals surface area contributed by atoms with Crippen molar-refractivity contribution in [2.75, 3.05) is 5.32 Å².